The molecule has 66 valence electrons. The average Bonchev–Trinajstić information content (AvgIpc) is 1.82. The van der Waals surface area contributed by atoms with Crippen molar-refractivity contribution < 1.29 is 8.42 Å². The van der Waals surface area contributed by atoms with Gasteiger partial charge in [0, 0.05) is 15.7 Å². The SMILES string of the molecule is O=S(=O)(Cl)c1cc(Cl)cc(I)n1. The molecule has 0 fully saturated rings. The zero-order valence-corrected chi connectivity index (χ0v) is 9.95. The van der Waals surface area contributed by atoms with Crippen molar-refractivity contribution in [2.24, 2.45) is 0 Å². The molecule has 1 aromatic heterocycles. The largest absolute Gasteiger partial charge is 0.278 e. The van der Waals surface area contributed by atoms with E-state index < -0.39 is 9.05 Å². The van der Waals surface area contributed by atoms with Gasteiger partial charge in [-0.1, -0.05) is 11.6 Å². The van der Waals surface area contributed by atoms with Crippen LogP contribution < -0.4 is 0 Å². The minimum Gasteiger partial charge on any atom is -0.229 e. The second-order valence-electron chi connectivity index (χ2n) is 1.88. The summed E-state index contributed by atoms with van der Waals surface area (Å²) in [6.45, 7) is 0. The van der Waals surface area contributed by atoms with Crippen LogP contribution in [0.3, 0.4) is 0 Å². The molecule has 0 aliphatic rings. The number of pyridine rings is 1. The molecule has 0 aromatic carbocycles. The standard InChI is InChI=1S/C5H2Cl2INO2S/c6-3-1-4(8)9-5(2-3)12(7,10)11/h1-2H. The Bertz CT molecular complexity index is 386. The van der Waals surface area contributed by atoms with Gasteiger partial charge in [0.1, 0.15) is 3.70 Å². The van der Waals surface area contributed by atoms with Crippen LogP contribution in [0, 0.1) is 3.70 Å². The summed E-state index contributed by atoms with van der Waals surface area (Å²) in [6.07, 6.45) is 0. The molecule has 12 heavy (non-hydrogen) atoms. The predicted octanol–water partition coefficient (Wildman–Crippen LogP) is 2.27. The Labute approximate surface area is 92.6 Å². The van der Waals surface area contributed by atoms with E-state index in [4.69, 9.17) is 22.3 Å². The van der Waals surface area contributed by atoms with Crippen LogP contribution in [0.25, 0.3) is 0 Å². The number of halogens is 3. The maximum absolute atomic E-state index is 10.8. The van der Waals surface area contributed by atoms with Gasteiger partial charge in [-0.3, -0.25) is 0 Å². The normalized spacial score (nSPS) is 11.6. The summed E-state index contributed by atoms with van der Waals surface area (Å²) in [6, 6.07) is 2.74. The summed E-state index contributed by atoms with van der Waals surface area (Å²) in [4.78, 5) is 3.69. The Morgan fingerprint density at radius 3 is 2.42 bits per heavy atom. The van der Waals surface area contributed by atoms with Gasteiger partial charge >= 0.3 is 0 Å². The Morgan fingerprint density at radius 1 is 1.42 bits per heavy atom. The lowest BCUT2D eigenvalue weighted by Gasteiger charge is -1.96. The monoisotopic (exact) mass is 337 g/mol. The first kappa shape index (κ1) is 10.5. The highest BCUT2D eigenvalue weighted by atomic mass is 127. The van der Waals surface area contributed by atoms with E-state index in [9.17, 15) is 8.42 Å². The Kier molecular flexibility index (Phi) is 3.19. The van der Waals surface area contributed by atoms with Crippen LogP contribution >= 0.6 is 44.9 Å². The van der Waals surface area contributed by atoms with E-state index >= 15 is 0 Å². The lowest BCUT2D eigenvalue weighted by Crippen LogP contribution is -1.96. The topological polar surface area (TPSA) is 47.0 Å². The molecule has 0 saturated carbocycles. The highest BCUT2D eigenvalue weighted by molar-refractivity contribution is 14.1. The lowest BCUT2D eigenvalue weighted by atomic mass is 10.5. The van der Waals surface area contributed by atoms with Crippen molar-refractivity contribution in [2.45, 2.75) is 5.03 Å². The van der Waals surface area contributed by atoms with Crippen molar-refractivity contribution in [1.29, 1.82) is 0 Å². The summed E-state index contributed by atoms with van der Waals surface area (Å²) >= 11 is 7.44. The molecule has 0 saturated heterocycles. The van der Waals surface area contributed by atoms with E-state index in [0.29, 0.717) is 8.72 Å². The first-order valence-electron chi connectivity index (χ1n) is 2.67. The summed E-state index contributed by atoms with van der Waals surface area (Å²) in [5, 5.41) is 0.0784. The van der Waals surface area contributed by atoms with Gasteiger partial charge < -0.3 is 0 Å². The van der Waals surface area contributed by atoms with Crippen molar-refractivity contribution in [3.63, 3.8) is 0 Å². The number of rotatable bonds is 1. The van der Waals surface area contributed by atoms with Crippen LogP contribution in [0.1, 0.15) is 0 Å². The van der Waals surface area contributed by atoms with Crippen LogP contribution in [0.15, 0.2) is 17.2 Å². The summed E-state index contributed by atoms with van der Waals surface area (Å²) in [7, 11) is 1.27. The average molecular weight is 338 g/mol. The van der Waals surface area contributed by atoms with Crippen molar-refractivity contribution in [2.75, 3.05) is 0 Å². The third-order valence-corrected chi connectivity index (χ3v) is 2.94. The van der Waals surface area contributed by atoms with E-state index in [1.54, 1.807) is 0 Å². The van der Waals surface area contributed by atoms with Gasteiger partial charge in [0.05, 0.1) is 0 Å². The molecular formula is C5H2Cl2INO2S. The third kappa shape index (κ3) is 2.72. The van der Waals surface area contributed by atoms with E-state index in [0.717, 1.165) is 0 Å². The number of hydrogen-bond donors (Lipinski definition) is 0. The molecule has 1 rings (SSSR count). The van der Waals surface area contributed by atoms with Crippen LogP contribution in [0.5, 0.6) is 0 Å². The fraction of sp³-hybridized carbons (Fsp3) is 0. The van der Waals surface area contributed by atoms with Gasteiger partial charge in [0.25, 0.3) is 9.05 Å². The maximum atomic E-state index is 10.8. The first-order chi connectivity index (χ1) is 5.39. The Hall–Kier alpha value is 0.410. The molecule has 0 unspecified atom stereocenters. The molecule has 0 amide bonds. The lowest BCUT2D eigenvalue weighted by molar-refractivity contribution is 0.606. The molecule has 0 radical (unpaired) electrons. The Balaban J connectivity index is 3.37. The van der Waals surface area contributed by atoms with Crippen LogP contribution in [0.2, 0.25) is 5.02 Å². The minimum absolute atomic E-state index is 0.221. The molecule has 0 spiro atoms. The third-order valence-electron chi connectivity index (χ3n) is 0.985. The number of aromatic nitrogens is 1. The second kappa shape index (κ2) is 3.65. The predicted molar refractivity (Wildman–Crippen MR) is 55.0 cm³/mol. The van der Waals surface area contributed by atoms with Crippen molar-refractivity contribution in [3.05, 3.63) is 20.9 Å². The molecule has 0 aliphatic heterocycles. The van der Waals surface area contributed by atoms with Gasteiger partial charge in [-0.25, -0.2) is 13.4 Å². The molecule has 0 bridgehead atoms. The quantitative estimate of drug-likeness (QED) is 0.448. The molecule has 3 nitrogen and oxygen atoms in total. The smallest absolute Gasteiger partial charge is 0.229 e. The minimum atomic E-state index is -3.78. The molecule has 0 atom stereocenters. The van der Waals surface area contributed by atoms with Gasteiger partial charge in [0.15, 0.2) is 5.03 Å². The molecule has 0 aliphatic carbocycles. The fourth-order valence-corrected chi connectivity index (χ4v) is 2.49. The number of hydrogen-bond acceptors (Lipinski definition) is 3. The highest BCUT2D eigenvalue weighted by Gasteiger charge is 2.12. The maximum Gasteiger partial charge on any atom is 0.278 e. The van der Waals surface area contributed by atoms with Crippen LogP contribution in [-0.2, 0) is 9.05 Å². The van der Waals surface area contributed by atoms with E-state index in [1.165, 1.54) is 12.1 Å². The van der Waals surface area contributed by atoms with Gasteiger partial charge in [0.2, 0.25) is 0 Å². The molecule has 1 heterocycles. The number of nitrogens with zero attached hydrogens (tertiary/aromatic N) is 1. The van der Waals surface area contributed by atoms with Crippen LogP contribution in [0.4, 0.5) is 0 Å². The fourth-order valence-electron chi connectivity index (χ4n) is 0.568. The van der Waals surface area contributed by atoms with Crippen molar-refractivity contribution in [1.82, 2.24) is 4.98 Å². The first-order valence-corrected chi connectivity index (χ1v) is 6.44. The zero-order chi connectivity index (χ0) is 9.35. The van der Waals surface area contributed by atoms with Crippen LogP contribution in [-0.4, -0.2) is 13.4 Å². The van der Waals surface area contributed by atoms with Gasteiger partial charge in [-0.05, 0) is 34.7 Å². The van der Waals surface area contributed by atoms with Crippen molar-refractivity contribution in [3.8, 4) is 0 Å². The summed E-state index contributed by atoms with van der Waals surface area (Å²) in [5.74, 6) is 0. The summed E-state index contributed by atoms with van der Waals surface area (Å²) < 4.78 is 22.0. The van der Waals surface area contributed by atoms with E-state index in [-0.39, 0.29) is 5.03 Å². The van der Waals surface area contributed by atoms with Gasteiger partial charge in [-0.15, -0.1) is 0 Å². The summed E-state index contributed by atoms with van der Waals surface area (Å²) in [5.41, 5.74) is 0. The zero-order valence-electron chi connectivity index (χ0n) is 5.46. The highest BCUT2D eigenvalue weighted by Crippen LogP contribution is 2.19. The molecular weight excluding hydrogens is 336 g/mol. The van der Waals surface area contributed by atoms with Crippen molar-refractivity contribution >= 4 is 53.9 Å². The van der Waals surface area contributed by atoms with E-state index in [1.807, 2.05) is 22.6 Å². The second-order valence-corrected chi connectivity index (χ2v) is 5.94. The van der Waals surface area contributed by atoms with Gasteiger partial charge in [-0.2, -0.15) is 0 Å². The molecule has 0 N–H and O–H groups in total. The molecule has 1 aromatic rings. The van der Waals surface area contributed by atoms with E-state index in [2.05, 4.69) is 4.98 Å². The Morgan fingerprint density at radius 2 is 2.00 bits per heavy atom. The molecule has 7 heteroatoms.